The van der Waals surface area contributed by atoms with Crippen LogP contribution in [0.25, 0.3) is 0 Å². The highest BCUT2D eigenvalue weighted by molar-refractivity contribution is 7.09. The first-order chi connectivity index (χ1) is 7.92. The lowest BCUT2D eigenvalue weighted by atomic mass is 10.0. The second kappa shape index (κ2) is 4.30. The highest BCUT2D eigenvalue weighted by atomic mass is 32.1. The van der Waals surface area contributed by atoms with Crippen molar-refractivity contribution in [1.29, 1.82) is 0 Å². The van der Waals surface area contributed by atoms with Crippen molar-refractivity contribution in [2.45, 2.75) is 25.4 Å². The second-order valence-corrected chi connectivity index (χ2v) is 5.20. The Morgan fingerprint density at radius 3 is 3.00 bits per heavy atom. The largest absolute Gasteiger partial charge is 0.490 e. The Labute approximate surface area is 99.7 Å². The van der Waals surface area contributed by atoms with Gasteiger partial charge in [-0.3, -0.25) is 0 Å². The number of rotatable bonds is 2. The third-order valence-electron chi connectivity index (χ3n) is 3.01. The van der Waals surface area contributed by atoms with E-state index in [1.165, 1.54) is 10.4 Å². The van der Waals surface area contributed by atoms with Crippen LogP contribution in [-0.2, 0) is 12.8 Å². The molecule has 3 rings (SSSR count). The van der Waals surface area contributed by atoms with Crippen LogP contribution in [0.2, 0.25) is 0 Å². The van der Waals surface area contributed by atoms with Gasteiger partial charge in [0.1, 0.15) is 11.9 Å². The molecular formula is C14H14OS. The Morgan fingerprint density at radius 1 is 1.19 bits per heavy atom. The maximum Gasteiger partial charge on any atom is 0.122 e. The van der Waals surface area contributed by atoms with E-state index < -0.39 is 0 Å². The third-order valence-corrected chi connectivity index (χ3v) is 3.91. The molecule has 1 atom stereocenters. The van der Waals surface area contributed by atoms with E-state index in [2.05, 4.69) is 35.7 Å². The quantitative estimate of drug-likeness (QED) is 0.764. The zero-order chi connectivity index (χ0) is 10.8. The zero-order valence-electron chi connectivity index (χ0n) is 9.06. The van der Waals surface area contributed by atoms with E-state index in [1.54, 1.807) is 0 Å². The smallest absolute Gasteiger partial charge is 0.122 e. The van der Waals surface area contributed by atoms with Gasteiger partial charge in [-0.2, -0.15) is 0 Å². The molecule has 2 heteroatoms. The van der Waals surface area contributed by atoms with Gasteiger partial charge >= 0.3 is 0 Å². The van der Waals surface area contributed by atoms with Gasteiger partial charge in [0.05, 0.1) is 0 Å². The molecule has 16 heavy (non-hydrogen) atoms. The van der Waals surface area contributed by atoms with Gasteiger partial charge in [0, 0.05) is 11.3 Å². The van der Waals surface area contributed by atoms with Gasteiger partial charge in [0.2, 0.25) is 0 Å². The first-order valence-corrected chi connectivity index (χ1v) is 6.57. The molecule has 1 aliphatic heterocycles. The summed E-state index contributed by atoms with van der Waals surface area (Å²) in [5.41, 5.74) is 1.35. The van der Waals surface area contributed by atoms with Crippen LogP contribution in [0.3, 0.4) is 0 Å². The van der Waals surface area contributed by atoms with Gasteiger partial charge in [-0.1, -0.05) is 24.3 Å². The summed E-state index contributed by atoms with van der Waals surface area (Å²) in [6.07, 6.45) is 3.68. The molecule has 2 heterocycles. The minimum Gasteiger partial charge on any atom is -0.490 e. The minimum absolute atomic E-state index is 0.355. The van der Waals surface area contributed by atoms with Crippen molar-refractivity contribution >= 4 is 11.3 Å². The first kappa shape index (κ1) is 9.91. The molecule has 0 amide bonds. The van der Waals surface area contributed by atoms with E-state index in [0.29, 0.717) is 6.10 Å². The fourth-order valence-electron chi connectivity index (χ4n) is 2.18. The van der Waals surface area contributed by atoms with Crippen molar-refractivity contribution in [3.63, 3.8) is 0 Å². The standard InChI is InChI=1S/C14H14OS/c1-2-6-14-11(4-1)7-8-12(15-14)10-13-5-3-9-16-13/h1-6,9,12H,7-8,10H2. The number of hydrogen-bond acceptors (Lipinski definition) is 2. The van der Waals surface area contributed by atoms with Crippen molar-refractivity contribution in [2.24, 2.45) is 0 Å². The summed E-state index contributed by atoms with van der Waals surface area (Å²) in [7, 11) is 0. The third kappa shape index (κ3) is 1.98. The number of thiophene rings is 1. The first-order valence-electron chi connectivity index (χ1n) is 5.69. The average molecular weight is 230 g/mol. The van der Waals surface area contributed by atoms with E-state index in [4.69, 9.17) is 4.74 Å². The number of ether oxygens (including phenoxy) is 1. The average Bonchev–Trinajstić information content (AvgIpc) is 2.82. The van der Waals surface area contributed by atoms with E-state index in [1.807, 2.05) is 17.4 Å². The number of fused-ring (bicyclic) bond motifs is 1. The van der Waals surface area contributed by atoms with Crippen LogP contribution < -0.4 is 4.74 Å². The molecule has 0 spiro atoms. The molecule has 0 aliphatic carbocycles. The van der Waals surface area contributed by atoms with Crippen LogP contribution in [0.1, 0.15) is 16.9 Å². The number of para-hydroxylation sites is 1. The van der Waals surface area contributed by atoms with E-state index >= 15 is 0 Å². The number of hydrogen-bond donors (Lipinski definition) is 0. The molecule has 0 N–H and O–H groups in total. The predicted octanol–water partition coefficient (Wildman–Crippen LogP) is 3.68. The van der Waals surface area contributed by atoms with E-state index in [9.17, 15) is 0 Å². The van der Waals surface area contributed by atoms with Crippen LogP contribution in [0, 0.1) is 0 Å². The molecule has 0 bridgehead atoms. The maximum absolute atomic E-state index is 6.01. The summed E-state index contributed by atoms with van der Waals surface area (Å²) >= 11 is 1.82. The fraction of sp³-hybridized carbons (Fsp3) is 0.286. The summed E-state index contributed by atoms with van der Waals surface area (Å²) in [5, 5.41) is 2.13. The van der Waals surface area contributed by atoms with Gasteiger partial charge in [0.15, 0.2) is 0 Å². The van der Waals surface area contributed by atoms with Gasteiger partial charge in [-0.05, 0) is 35.9 Å². The normalized spacial score (nSPS) is 18.9. The van der Waals surface area contributed by atoms with Crippen LogP contribution in [0.15, 0.2) is 41.8 Å². The lowest BCUT2D eigenvalue weighted by molar-refractivity contribution is 0.174. The highest BCUT2D eigenvalue weighted by Gasteiger charge is 2.19. The molecule has 1 aromatic heterocycles. The molecule has 0 fully saturated rings. The molecule has 82 valence electrons. The molecule has 1 unspecified atom stereocenters. The lowest BCUT2D eigenvalue weighted by Crippen LogP contribution is -2.24. The van der Waals surface area contributed by atoms with Crippen LogP contribution in [0.4, 0.5) is 0 Å². The van der Waals surface area contributed by atoms with Crippen LogP contribution in [-0.4, -0.2) is 6.10 Å². The van der Waals surface area contributed by atoms with Gasteiger partial charge < -0.3 is 4.74 Å². The molecule has 0 radical (unpaired) electrons. The zero-order valence-corrected chi connectivity index (χ0v) is 9.87. The van der Waals surface area contributed by atoms with Gasteiger partial charge in [0.25, 0.3) is 0 Å². The highest BCUT2D eigenvalue weighted by Crippen LogP contribution is 2.28. The minimum atomic E-state index is 0.355. The van der Waals surface area contributed by atoms with Gasteiger partial charge in [-0.15, -0.1) is 11.3 Å². The summed E-state index contributed by atoms with van der Waals surface area (Å²) in [4.78, 5) is 1.42. The summed E-state index contributed by atoms with van der Waals surface area (Å²) in [6, 6.07) is 12.7. The van der Waals surface area contributed by atoms with Crippen molar-refractivity contribution < 1.29 is 4.74 Å². The van der Waals surface area contributed by atoms with E-state index in [-0.39, 0.29) is 0 Å². The van der Waals surface area contributed by atoms with Crippen molar-refractivity contribution in [3.8, 4) is 5.75 Å². The second-order valence-electron chi connectivity index (χ2n) is 4.17. The fourth-order valence-corrected chi connectivity index (χ4v) is 2.95. The molecule has 1 aromatic carbocycles. The van der Waals surface area contributed by atoms with Gasteiger partial charge in [-0.25, -0.2) is 0 Å². The Hall–Kier alpha value is -1.28. The van der Waals surface area contributed by atoms with E-state index in [0.717, 1.165) is 25.0 Å². The Bertz CT molecular complexity index is 461. The number of benzene rings is 1. The molecule has 0 saturated heterocycles. The molecule has 1 aliphatic rings. The molecule has 0 saturated carbocycles. The lowest BCUT2D eigenvalue weighted by Gasteiger charge is -2.25. The predicted molar refractivity (Wildman–Crippen MR) is 67.2 cm³/mol. The Morgan fingerprint density at radius 2 is 2.12 bits per heavy atom. The molecular weight excluding hydrogens is 216 g/mol. The topological polar surface area (TPSA) is 9.23 Å². The molecule has 1 nitrogen and oxygen atoms in total. The Kier molecular flexibility index (Phi) is 2.66. The maximum atomic E-state index is 6.01. The summed E-state index contributed by atoms with van der Waals surface area (Å²) < 4.78 is 6.01. The summed E-state index contributed by atoms with van der Waals surface area (Å²) in [6.45, 7) is 0. The van der Waals surface area contributed by atoms with Crippen molar-refractivity contribution in [1.82, 2.24) is 0 Å². The Balaban J connectivity index is 1.73. The van der Waals surface area contributed by atoms with Crippen LogP contribution >= 0.6 is 11.3 Å². The molecule has 2 aromatic rings. The van der Waals surface area contributed by atoms with Crippen LogP contribution in [0.5, 0.6) is 5.75 Å². The summed E-state index contributed by atoms with van der Waals surface area (Å²) in [5.74, 6) is 1.08. The van der Waals surface area contributed by atoms with Crippen molar-refractivity contribution in [3.05, 3.63) is 52.2 Å². The monoisotopic (exact) mass is 230 g/mol. The number of aryl methyl sites for hydroxylation is 1. The van der Waals surface area contributed by atoms with Crippen molar-refractivity contribution in [2.75, 3.05) is 0 Å². The SMILES string of the molecule is c1csc(CC2CCc3ccccc3O2)c1.